The molecule has 0 saturated carbocycles. The molecule has 0 aliphatic heterocycles. The van der Waals surface area contributed by atoms with Crippen LogP contribution in [0.25, 0.3) is 0 Å². The first kappa shape index (κ1) is 18.7. The number of carbonyl (C=O) groups is 1. The molecule has 0 bridgehead atoms. The van der Waals surface area contributed by atoms with E-state index in [-0.39, 0.29) is 11.8 Å². The number of Topliss-reactive ketones (excluding diaryl/α,β-unsaturated/α-hetero) is 1. The van der Waals surface area contributed by atoms with Crippen LogP contribution in [0.15, 0.2) is 72.8 Å². The second-order valence-electron chi connectivity index (χ2n) is 6.83. The van der Waals surface area contributed by atoms with Gasteiger partial charge in [0.1, 0.15) is 5.75 Å². The average molecular weight is 359 g/mol. The lowest BCUT2D eigenvalue weighted by molar-refractivity contribution is 0.0976. The largest absolute Gasteiger partial charge is 0.497 e. The molecule has 1 N–H and O–H groups in total. The van der Waals surface area contributed by atoms with E-state index in [0.717, 1.165) is 17.0 Å². The van der Waals surface area contributed by atoms with Gasteiger partial charge in [-0.15, -0.1) is 0 Å². The first-order valence-electron chi connectivity index (χ1n) is 9.12. The molecule has 1 atom stereocenters. The van der Waals surface area contributed by atoms with Gasteiger partial charge < -0.3 is 10.1 Å². The summed E-state index contributed by atoms with van der Waals surface area (Å²) in [6.07, 6.45) is 0.378. The quantitative estimate of drug-likeness (QED) is 0.547. The van der Waals surface area contributed by atoms with Crippen molar-refractivity contribution in [3.8, 4) is 5.75 Å². The molecule has 27 heavy (non-hydrogen) atoms. The molecule has 3 aromatic rings. The second-order valence-corrected chi connectivity index (χ2v) is 6.83. The third-order valence-electron chi connectivity index (χ3n) is 4.67. The standard InChI is InChI=1S/C24H25NO2/c1-17-4-8-19(9-5-17)23(25-21-12-6-18(2)7-13-21)16-24(26)20-10-14-22(27-3)15-11-20/h4-15,23,25H,16H2,1-3H3/t23-/m1/s1. The maximum atomic E-state index is 12.9. The van der Waals surface area contributed by atoms with E-state index in [1.54, 1.807) is 7.11 Å². The number of aryl methyl sites for hydroxylation is 2. The fourth-order valence-corrected chi connectivity index (χ4v) is 2.98. The minimum Gasteiger partial charge on any atom is -0.497 e. The molecule has 3 rings (SSSR count). The van der Waals surface area contributed by atoms with Crippen molar-refractivity contribution in [2.45, 2.75) is 26.3 Å². The Balaban J connectivity index is 1.82. The van der Waals surface area contributed by atoms with Crippen molar-refractivity contribution in [1.82, 2.24) is 0 Å². The summed E-state index contributed by atoms with van der Waals surface area (Å²) in [6.45, 7) is 4.13. The number of ether oxygens (including phenoxy) is 1. The minimum atomic E-state index is -0.0945. The maximum Gasteiger partial charge on any atom is 0.165 e. The lowest BCUT2D eigenvalue weighted by atomic mass is 9.96. The van der Waals surface area contributed by atoms with E-state index in [0.29, 0.717) is 12.0 Å². The van der Waals surface area contributed by atoms with E-state index >= 15 is 0 Å². The molecule has 0 amide bonds. The topological polar surface area (TPSA) is 38.3 Å². The van der Waals surface area contributed by atoms with Gasteiger partial charge in [-0.3, -0.25) is 4.79 Å². The Hall–Kier alpha value is -3.07. The lowest BCUT2D eigenvalue weighted by Crippen LogP contribution is -2.16. The molecule has 3 heteroatoms. The summed E-state index contributed by atoms with van der Waals surface area (Å²) in [5, 5.41) is 3.52. The van der Waals surface area contributed by atoms with E-state index in [1.165, 1.54) is 11.1 Å². The lowest BCUT2D eigenvalue weighted by Gasteiger charge is -2.20. The van der Waals surface area contributed by atoms with E-state index in [4.69, 9.17) is 4.74 Å². The fourth-order valence-electron chi connectivity index (χ4n) is 2.98. The van der Waals surface area contributed by atoms with Gasteiger partial charge in [0.15, 0.2) is 5.78 Å². The Bertz CT molecular complexity index is 881. The van der Waals surface area contributed by atoms with Gasteiger partial charge in [0.2, 0.25) is 0 Å². The van der Waals surface area contributed by atoms with Gasteiger partial charge >= 0.3 is 0 Å². The van der Waals surface area contributed by atoms with Crippen molar-refractivity contribution in [3.05, 3.63) is 95.1 Å². The van der Waals surface area contributed by atoms with Crippen LogP contribution in [0.4, 0.5) is 5.69 Å². The van der Waals surface area contributed by atoms with Gasteiger partial charge in [0, 0.05) is 17.7 Å². The van der Waals surface area contributed by atoms with Crippen molar-refractivity contribution in [1.29, 1.82) is 0 Å². The van der Waals surface area contributed by atoms with Gasteiger partial charge in [-0.05, 0) is 55.8 Å². The number of anilines is 1. The van der Waals surface area contributed by atoms with E-state index in [1.807, 2.05) is 36.4 Å². The molecule has 0 unspecified atom stereocenters. The van der Waals surface area contributed by atoms with Crippen molar-refractivity contribution < 1.29 is 9.53 Å². The van der Waals surface area contributed by atoms with E-state index < -0.39 is 0 Å². The molecule has 0 radical (unpaired) electrons. The monoisotopic (exact) mass is 359 g/mol. The number of nitrogens with one attached hydrogen (secondary N) is 1. The Morgan fingerprint density at radius 1 is 0.852 bits per heavy atom. The second kappa shape index (κ2) is 8.54. The van der Waals surface area contributed by atoms with Gasteiger partial charge in [-0.2, -0.15) is 0 Å². The van der Waals surface area contributed by atoms with Crippen molar-refractivity contribution in [3.63, 3.8) is 0 Å². The van der Waals surface area contributed by atoms with Crippen LogP contribution in [0.1, 0.15) is 39.5 Å². The van der Waals surface area contributed by atoms with Crippen LogP contribution in [0.2, 0.25) is 0 Å². The number of hydrogen-bond donors (Lipinski definition) is 1. The SMILES string of the molecule is COc1ccc(C(=O)C[C@@H](Nc2ccc(C)cc2)c2ccc(C)cc2)cc1. The van der Waals surface area contributed by atoms with Gasteiger partial charge in [0.05, 0.1) is 13.2 Å². The van der Waals surface area contributed by atoms with Gasteiger partial charge in [0.25, 0.3) is 0 Å². The Kier molecular flexibility index (Phi) is 5.92. The average Bonchev–Trinajstić information content (AvgIpc) is 2.70. The third kappa shape index (κ3) is 4.98. The zero-order chi connectivity index (χ0) is 19.2. The van der Waals surface area contributed by atoms with Crippen LogP contribution >= 0.6 is 0 Å². The number of methoxy groups -OCH3 is 1. The molecular weight excluding hydrogens is 334 g/mol. The summed E-state index contributed by atoms with van der Waals surface area (Å²) in [4.78, 5) is 12.9. The number of benzene rings is 3. The fraction of sp³-hybridized carbons (Fsp3) is 0.208. The van der Waals surface area contributed by atoms with Crippen LogP contribution in [0, 0.1) is 13.8 Å². The Morgan fingerprint density at radius 3 is 1.96 bits per heavy atom. The highest BCUT2D eigenvalue weighted by Gasteiger charge is 2.17. The summed E-state index contributed by atoms with van der Waals surface area (Å²) in [7, 11) is 1.62. The molecule has 138 valence electrons. The van der Waals surface area contributed by atoms with Crippen molar-refractivity contribution in [2.75, 3.05) is 12.4 Å². The Labute approximate surface area is 161 Å². The van der Waals surface area contributed by atoms with Gasteiger partial charge in [-0.25, -0.2) is 0 Å². The Morgan fingerprint density at radius 2 is 1.41 bits per heavy atom. The number of ketones is 1. The highest BCUT2D eigenvalue weighted by molar-refractivity contribution is 5.96. The number of hydrogen-bond acceptors (Lipinski definition) is 3. The molecular formula is C24H25NO2. The summed E-state index contributed by atoms with van der Waals surface area (Å²) in [5.74, 6) is 0.849. The first-order valence-corrected chi connectivity index (χ1v) is 9.12. The zero-order valence-corrected chi connectivity index (χ0v) is 16.0. The normalized spacial score (nSPS) is 11.7. The van der Waals surface area contributed by atoms with Crippen LogP contribution < -0.4 is 10.1 Å². The summed E-state index contributed by atoms with van der Waals surface area (Å²) < 4.78 is 5.18. The van der Waals surface area contributed by atoms with Crippen LogP contribution in [-0.2, 0) is 0 Å². The van der Waals surface area contributed by atoms with Crippen molar-refractivity contribution >= 4 is 11.5 Å². The molecule has 0 heterocycles. The number of rotatable bonds is 7. The predicted octanol–water partition coefficient (Wildman–Crippen LogP) is 5.74. The van der Waals surface area contributed by atoms with E-state index in [2.05, 4.69) is 55.6 Å². The van der Waals surface area contributed by atoms with Crippen molar-refractivity contribution in [2.24, 2.45) is 0 Å². The van der Waals surface area contributed by atoms with E-state index in [9.17, 15) is 4.79 Å². The molecule has 3 nitrogen and oxygen atoms in total. The van der Waals surface area contributed by atoms with Gasteiger partial charge in [-0.1, -0.05) is 47.5 Å². The minimum absolute atomic E-state index is 0.0945. The smallest absolute Gasteiger partial charge is 0.165 e. The molecule has 3 aromatic carbocycles. The molecule has 0 saturated heterocycles. The highest BCUT2D eigenvalue weighted by atomic mass is 16.5. The summed E-state index contributed by atoms with van der Waals surface area (Å²) in [6, 6.07) is 23.8. The highest BCUT2D eigenvalue weighted by Crippen LogP contribution is 2.25. The first-order chi connectivity index (χ1) is 13.0. The summed E-state index contributed by atoms with van der Waals surface area (Å²) >= 11 is 0. The maximum absolute atomic E-state index is 12.9. The predicted molar refractivity (Wildman–Crippen MR) is 111 cm³/mol. The molecule has 0 aliphatic rings. The van der Waals surface area contributed by atoms with Crippen LogP contribution in [0.5, 0.6) is 5.75 Å². The number of carbonyl (C=O) groups excluding carboxylic acids is 1. The zero-order valence-electron chi connectivity index (χ0n) is 16.0. The molecule has 0 aromatic heterocycles. The van der Waals surface area contributed by atoms with Crippen LogP contribution in [0.3, 0.4) is 0 Å². The molecule has 0 spiro atoms. The molecule has 0 aliphatic carbocycles. The molecule has 0 fully saturated rings. The van der Waals surface area contributed by atoms with Crippen LogP contribution in [-0.4, -0.2) is 12.9 Å². The third-order valence-corrected chi connectivity index (χ3v) is 4.67. The summed E-state index contributed by atoms with van der Waals surface area (Å²) in [5.41, 5.74) is 5.21.